The Bertz CT molecular complexity index is 665. The Morgan fingerprint density at radius 2 is 2.09 bits per heavy atom. The van der Waals surface area contributed by atoms with E-state index < -0.39 is 11.8 Å². The Balaban J connectivity index is 3.28. The number of hydrogen-bond donors (Lipinski definition) is 3. The highest BCUT2D eigenvalue weighted by atomic mass is 16.5. The number of rotatable bonds is 4. The number of nitrogens with one attached hydrogen (secondary N) is 2. The predicted molar refractivity (Wildman–Crippen MR) is 85.1 cm³/mol. The molecule has 0 unspecified atom stereocenters. The molecule has 0 aliphatic heterocycles. The Morgan fingerprint density at radius 1 is 1.45 bits per heavy atom. The minimum absolute atomic E-state index is 0.211. The maximum atomic E-state index is 11.6. The van der Waals surface area contributed by atoms with Gasteiger partial charge in [0.15, 0.2) is 5.84 Å². The molecule has 0 saturated carbocycles. The molecule has 0 saturated heterocycles. The minimum Gasteiger partial charge on any atom is -0.465 e. The Morgan fingerprint density at radius 3 is 2.55 bits per heavy atom. The molecular formula is C15H19N5O2. The quantitative estimate of drug-likeness (QED) is 0.339. The van der Waals surface area contributed by atoms with E-state index in [0.29, 0.717) is 11.3 Å². The normalized spacial score (nSPS) is 11.5. The van der Waals surface area contributed by atoms with Crippen molar-refractivity contribution < 1.29 is 9.53 Å². The lowest BCUT2D eigenvalue weighted by molar-refractivity contribution is 0.0600. The predicted octanol–water partition coefficient (Wildman–Crippen LogP) is 2.00. The first kappa shape index (κ1) is 17.2. The number of ether oxygens (including phenoxy) is 1. The number of benzene rings is 1. The number of hydrazone groups is 1. The largest absolute Gasteiger partial charge is 0.465 e. The van der Waals surface area contributed by atoms with Gasteiger partial charge in [-0.15, -0.1) is 0 Å². The molecule has 1 aromatic carbocycles. The number of nitrogens with zero attached hydrogens (tertiary/aromatic N) is 2. The second-order valence-corrected chi connectivity index (χ2v) is 5.60. The van der Waals surface area contributed by atoms with Crippen LogP contribution in [0.4, 0.5) is 5.69 Å². The molecule has 0 aliphatic rings. The number of hydrogen-bond acceptors (Lipinski definition) is 6. The first-order valence-corrected chi connectivity index (χ1v) is 6.51. The summed E-state index contributed by atoms with van der Waals surface area (Å²) in [4.78, 5) is 11.6. The molecule has 0 bridgehead atoms. The van der Waals surface area contributed by atoms with E-state index in [1.165, 1.54) is 7.11 Å². The maximum Gasteiger partial charge on any atom is 0.337 e. The third-order valence-electron chi connectivity index (χ3n) is 2.90. The van der Waals surface area contributed by atoms with Gasteiger partial charge in [0.05, 0.1) is 18.4 Å². The molecule has 0 spiro atoms. The number of esters is 1. The molecule has 22 heavy (non-hydrogen) atoms. The molecule has 0 heterocycles. The van der Waals surface area contributed by atoms with Crippen molar-refractivity contribution in [1.82, 2.24) is 0 Å². The van der Waals surface area contributed by atoms with Gasteiger partial charge < -0.3 is 10.5 Å². The lowest BCUT2D eigenvalue weighted by Crippen LogP contribution is -2.22. The van der Waals surface area contributed by atoms with Crippen LogP contribution in [0.3, 0.4) is 0 Å². The molecule has 0 aromatic heterocycles. The van der Waals surface area contributed by atoms with E-state index in [-0.39, 0.29) is 11.1 Å². The van der Waals surface area contributed by atoms with Gasteiger partial charge in [0.2, 0.25) is 5.71 Å². The fourth-order valence-electron chi connectivity index (χ4n) is 1.77. The SMILES string of the molecule is COC(=O)c1ccc(N/N=C(\C#N)C(=N)N)c(C(C)(C)C)c1. The minimum atomic E-state index is -0.429. The van der Waals surface area contributed by atoms with Gasteiger partial charge in [0.25, 0.3) is 0 Å². The summed E-state index contributed by atoms with van der Waals surface area (Å²) >= 11 is 0. The van der Waals surface area contributed by atoms with E-state index in [1.807, 2.05) is 20.8 Å². The monoisotopic (exact) mass is 301 g/mol. The van der Waals surface area contributed by atoms with Crippen molar-refractivity contribution in [1.29, 1.82) is 10.7 Å². The van der Waals surface area contributed by atoms with Gasteiger partial charge in [-0.25, -0.2) is 4.79 Å². The Hall–Kier alpha value is -2.88. The summed E-state index contributed by atoms with van der Waals surface area (Å²) in [5.74, 6) is -0.847. The van der Waals surface area contributed by atoms with Gasteiger partial charge >= 0.3 is 5.97 Å². The van der Waals surface area contributed by atoms with Crippen LogP contribution in [0.25, 0.3) is 0 Å². The summed E-state index contributed by atoms with van der Waals surface area (Å²) in [6.45, 7) is 5.94. The van der Waals surface area contributed by atoms with Crippen molar-refractivity contribution in [2.24, 2.45) is 10.8 Å². The molecule has 7 nitrogen and oxygen atoms in total. The van der Waals surface area contributed by atoms with Crippen LogP contribution in [-0.2, 0) is 10.2 Å². The van der Waals surface area contributed by atoms with Gasteiger partial charge in [-0.1, -0.05) is 20.8 Å². The molecule has 0 atom stereocenters. The third-order valence-corrected chi connectivity index (χ3v) is 2.90. The highest BCUT2D eigenvalue weighted by Crippen LogP contribution is 2.30. The average Bonchev–Trinajstić information content (AvgIpc) is 2.45. The van der Waals surface area contributed by atoms with E-state index in [0.717, 1.165) is 5.56 Å². The summed E-state index contributed by atoms with van der Waals surface area (Å²) in [6.07, 6.45) is 0. The van der Waals surface area contributed by atoms with Crippen molar-refractivity contribution in [2.75, 3.05) is 12.5 Å². The van der Waals surface area contributed by atoms with E-state index >= 15 is 0 Å². The number of methoxy groups -OCH3 is 1. The zero-order valence-electron chi connectivity index (χ0n) is 13.0. The van der Waals surface area contributed by atoms with Crippen LogP contribution < -0.4 is 11.2 Å². The molecule has 0 aliphatic carbocycles. The molecule has 1 aromatic rings. The summed E-state index contributed by atoms with van der Waals surface area (Å²) in [5.41, 5.74) is 9.35. The topological polar surface area (TPSA) is 124 Å². The molecule has 1 rings (SSSR count). The van der Waals surface area contributed by atoms with E-state index in [2.05, 4.69) is 10.5 Å². The summed E-state index contributed by atoms with van der Waals surface area (Å²) < 4.78 is 4.72. The lowest BCUT2D eigenvalue weighted by atomic mass is 9.85. The Kier molecular flexibility index (Phi) is 5.24. The number of nitrogens with two attached hydrogens (primary N) is 1. The van der Waals surface area contributed by atoms with Crippen molar-refractivity contribution in [3.05, 3.63) is 29.3 Å². The van der Waals surface area contributed by atoms with Gasteiger partial charge in [-0.3, -0.25) is 10.8 Å². The van der Waals surface area contributed by atoms with Crippen molar-refractivity contribution in [3.8, 4) is 6.07 Å². The van der Waals surface area contributed by atoms with Gasteiger partial charge in [-0.2, -0.15) is 10.4 Å². The van der Waals surface area contributed by atoms with Gasteiger partial charge in [0.1, 0.15) is 6.07 Å². The van der Waals surface area contributed by atoms with Crippen LogP contribution in [0.1, 0.15) is 36.7 Å². The second-order valence-electron chi connectivity index (χ2n) is 5.60. The Labute approximate surface area is 129 Å². The van der Waals surface area contributed by atoms with Crippen LogP contribution >= 0.6 is 0 Å². The number of amidine groups is 1. The smallest absolute Gasteiger partial charge is 0.337 e. The van der Waals surface area contributed by atoms with Crippen LogP contribution in [-0.4, -0.2) is 24.6 Å². The first-order chi connectivity index (χ1) is 10.2. The lowest BCUT2D eigenvalue weighted by Gasteiger charge is -2.23. The molecule has 0 radical (unpaired) electrons. The van der Waals surface area contributed by atoms with Crippen LogP contribution in [0.5, 0.6) is 0 Å². The number of carbonyl (C=O) groups excluding carboxylic acids is 1. The zero-order valence-corrected chi connectivity index (χ0v) is 13.0. The zero-order chi connectivity index (χ0) is 16.9. The molecule has 0 fully saturated rings. The van der Waals surface area contributed by atoms with E-state index in [1.54, 1.807) is 24.3 Å². The number of anilines is 1. The molecular weight excluding hydrogens is 282 g/mol. The molecule has 4 N–H and O–H groups in total. The molecule has 7 heteroatoms. The maximum absolute atomic E-state index is 11.6. The number of nitriles is 1. The summed E-state index contributed by atoms with van der Waals surface area (Å²) in [7, 11) is 1.32. The van der Waals surface area contributed by atoms with E-state index in [9.17, 15) is 4.79 Å². The molecule has 0 amide bonds. The summed E-state index contributed by atoms with van der Waals surface area (Å²) in [5, 5.41) is 19.9. The highest BCUT2D eigenvalue weighted by molar-refractivity contribution is 6.45. The van der Waals surface area contributed by atoms with Gasteiger partial charge in [0, 0.05) is 0 Å². The standard InChI is InChI=1S/C15H19N5O2/c1-15(2,3)10-7-9(14(21)22-4)5-6-11(10)19-20-12(8-16)13(17)18/h5-7,19H,1-4H3,(H3,17,18)/b20-12+. The van der Waals surface area contributed by atoms with Crippen LogP contribution in [0.15, 0.2) is 23.3 Å². The van der Waals surface area contributed by atoms with Crippen LogP contribution in [0.2, 0.25) is 0 Å². The fraction of sp³-hybridized carbons (Fsp3) is 0.333. The second kappa shape index (κ2) is 6.72. The van der Waals surface area contributed by atoms with Crippen molar-refractivity contribution in [3.63, 3.8) is 0 Å². The highest BCUT2D eigenvalue weighted by Gasteiger charge is 2.20. The van der Waals surface area contributed by atoms with Crippen molar-refractivity contribution in [2.45, 2.75) is 26.2 Å². The first-order valence-electron chi connectivity index (χ1n) is 6.51. The van der Waals surface area contributed by atoms with Crippen LogP contribution in [0, 0.1) is 16.7 Å². The fourth-order valence-corrected chi connectivity index (χ4v) is 1.77. The average molecular weight is 301 g/mol. The van der Waals surface area contributed by atoms with Gasteiger partial charge in [-0.05, 0) is 29.2 Å². The van der Waals surface area contributed by atoms with E-state index in [4.69, 9.17) is 21.1 Å². The van der Waals surface area contributed by atoms with Crippen molar-refractivity contribution >= 4 is 23.2 Å². The summed E-state index contributed by atoms with van der Waals surface area (Å²) in [6, 6.07) is 6.71. The third kappa shape index (κ3) is 4.06. The number of carbonyl (C=O) groups is 1. The molecule has 116 valence electrons.